The highest BCUT2D eigenvalue weighted by atomic mass is 79.9. The molecular formula is C75H91Br6N6O9P. The van der Waals surface area contributed by atoms with Gasteiger partial charge in [-0.15, -0.1) is 0 Å². The minimum atomic E-state index is -1.98. The molecule has 6 fully saturated rings. The maximum Gasteiger partial charge on any atom is 0.338 e. The van der Waals surface area contributed by atoms with Gasteiger partial charge in [-0.1, -0.05) is 65.8 Å². The lowest BCUT2D eigenvalue weighted by Gasteiger charge is -2.45. The molecule has 0 unspecified atom stereocenters. The van der Waals surface area contributed by atoms with E-state index in [1.54, 1.807) is 50.4 Å². The van der Waals surface area contributed by atoms with Crippen molar-refractivity contribution in [2.45, 2.75) is 132 Å². The number of aliphatic hydroxyl groups excluding tert-OH is 1. The van der Waals surface area contributed by atoms with E-state index in [0.717, 1.165) is 68.1 Å². The Morgan fingerprint density at radius 2 is 0.948 bits per heavy atom. The predicted octanol–water partition coefficient (Wildman–Crippen LogP) is 18.9. The number of aryl methyl sites for hydroxylation is 1. The quantitative estimate of drug-likeness (QED) is 0.0596. The molecule has 0 spiro atoms. The van der Waals surface area contributed by atoms with Crippen molar-refractivity contribution in [2.24, 2.45) is 82.3 Å². The third kappa shape index (κ3) is 21.8. The van der Waals surface area contributed by atoms with Crippen LogP contribution in [0.15, 0.2) is 155 Å². The van der Waals surface area contributed by atoms with Crippen LogP contribution in [0.4, 0.5) is 0 Å². The lowest BCUT2D eigenvalue weighted by atomic mass is 9.55. The first-order valence-electron chi connectivity index (χ1n) is 32.9. The molecule has 3 saturated heterocycles. The molecule has 522 valence electrons. The third-order valence-electron chi connectivity index (χ3n) is 20.0. The monoisotopic (exact) mass is 1720 g/mol. The van der Waals surface area contributed by atoms with E-state index in [2.05, 4.69) is 210 Å². The molecule has 6 aromatic heterocycles. The molecule has 2 N–H and O–H groups in total. The van der Waals surface area contributed by atoms with Crippen LogP contribution in [0.5, 0.6) is 0 Å². The third-order valence-corrected chi connectivity index (χ3v) is 23.9. The second-order valence-corrected chi connectivity index (χ2v) is 36.4. The smallest absolute Gasteiger partial charge is 0.338 e. The number of hydrogen-bond donors (Lipinski definition) is 2. The van der Waals surface area contributed by atoms with Gasteiger partial charge in [0, 0.05) is 89.2 Å². The highest BCUT2D eigenvalue weighted by molar-refractivity contribution is 9.11. The van der Waals surface area contributed by atoms with E-state index in [1.165, 1.54) is 0 Å². The number of carbonyl (C=O) groups is 3. The Balaban J connectivity index is 0.000000171. The summed E-state index contributed by atoms with van der Waals surface area (Å²) >= 11 is 19.8. The predicted molar refractivity (Wildman–Crippen MR) is 406 cm³/mol. The van der Waals surface area contributed by atoms with Gasteiger partial charge in [0.05, 0.1) is 47.9 Å². The highest BCUT2D eigenvalue weighted by Gasteiger charge is 2.62. The van der Waals surface area contributed by atoms with Crippen molar-refractivity contribution in [1.29, 1.82) is 0 Å². The van der Waals surface area contributed by atoms with E-state index in [0.29, 0.717) is 65.6 Å². The fourth-order valence-electron chi connectivity index (χ4n) is 14.5. The summed E-state index contributed by atoms with van der Waals surface area (Å²) in [5.74, 6) is 3.45. The Bertz CT molecular complexity index is 3570. The van der Waals surface area contributed by atoms with Crippen molar-refractivity contribution < 1.29 is 43.4 Å². The summed E-state index contributed by atoms with van der Waals surface area (Å²) in [7, 11) is -1.98. The van der Waals surface area contributed by atoms with Crippen LogP contribution in [0, 0.1) is 89.3 Å². The molecular weight excluding hydrogens is 1640 g/mol. The van der Waals surface area contributed by atoms with Crippen LogP contribution in [0.2, 0.25) is 0 Å². The molecule has 18 atom stereocenters. The fraction of sp³-hybridized carbons (Fsp3) is 0.480. The van der Waals surface area contributed by atoms with Gasteiger partial charge in [-0.3, -0.25) is 34.5 Å². The van der Waals surface area contributed by atoms with Crippen molar-refractivity contribution in [1.82, 2.24) is 29.9 Å². The summed E-state index contributed by atoms with van der Waals surface area (Å²) < 4.78 is 33.6. The number of rotatable bonds is 9. The Hall–Kier alpha value is -4.44. The first kappa shape index (κ1) is 79.9. The molecule has 0 aromatic carbocycles. The molecule has 0 amide bonds. The maximum atomic E-state index is 12.4. The Kier molecular flexibility index (Phi) is 29.6. The number of cyclic esters (lactones) is 3. The average Bonchev–Trinajstić information content (AvgIpc) is 1.63. The molecule has 12 rings (SSSR count). The first-order valence-corrected chi connectivity index (χ1v) is 40.4. The van der Waals surface area contributed by atoms with E-state index in [9.17, 15) is 24.1 Å². The van der Waals surface area contributed by atoms with Crippen LogP contribution in [0.1, 0.15) is 123 Å². The molecule has 15 nitrogen and oxygen atoms in total. The molecule has 97 heavy (non-hydrogen) atoms. The summed E-state index contributed by atoms with van der Waals surface area (Å²) in [6.07, 6.45) is 26.0. The highest BCUT2D eigenvalue weighted by Crippen LogP contribution is 2.57. The molecule has 3 saturated carbocycles. The van der Waals surface area contributed by atoms with Gasteiger partial charge in [0.15, 0.2) is 5.60 Å². The number of pyridine rings is 6. The number of ether oxygens (including phenoxy) is 3. The Morgan fingerprint density at radius 1 is 0.515 bits per heavy atom. The van der Waals surface area contributed by atoms with Crippen molar-refractivity contribution >= 4 is 139 Å². The number of aliphatic hydroxyl groups is 2. The zero-order valence-corrected chi connectivity index (χ0v) is 67.7. The normalized spacial score (nSPS) is 30.8. The number of carbonyl (C=O) groups excluding carboxylic acids is 3. The van der Waals surface area contributed by atoms with Crippen LogP contribution >= 0.6 is 103 Å². The van der Waals surface area contributed by atoms with Crippen LogP contribution in [-0.2, 0) is 45.9 Å². The summed E-state index contributed by atoms with van der Waals surface area (Å²) in [4.78, 5) is 61.8. The van der Waals surface area contributed by atoms with E-state index < -0.39 is 18.7 Å². The van der Waals surface area contributed by atoms with Gasteiger partial charge in [0.25, 0.3) is 0 Å². The van der Waals surface area contributed by atoms with Crippen LogP contribution in [0.3, 0.4) is 0 Å². The van der Waals surface area contributed by atoms with E-state index >= 15 is 0 Å². The number of fused-ring (bicyclic) bond motifs is 3. The van der Waals surface area contributed by atoms with Crippen molar-refractivity contribution in [3.8, 4) is 0 Å². The van der Waals surface area contributed by atoms with E-state index in [-0.39, 0.29) is 71.9 Å². The van der Waals surface area contributed by atoms with Gasteiger partial charge in [-0.2, -0.15) is 0 Å². The summed E-state index contributed by atoms with van der Waals surface area (Å²) in [6, 6.07) is 23.2. The topological polar surface area (TPSA) is 214 Å². The van der Waals surface area contributed by atoms with Crippen molar-refractivity contribution in [3.05, 3.63) is 189 Å². The minimum absolute atomic E-state index is 0.00332. The number of aromatic nitrogens is 6. The number of halogens is 6. The van der Waals surface area contributed by atoms with Crippen molar-refractivity contribution in [2.75, 3.05) is 13.3 Å². The Labute approximate surface area is 623 Å². The van der Waals surface area contributed by atoms with E-state index in [4.69, 9.17) is 19.3 Å². The van der Waals surface area contributed by atoms with Crippen LogP contribution in [-0.4, -0.2) is 95.3 Å². The molecule has 0 radical (unpaired) electrons. The fourth-order valence-corrected chi connectivity index (χ4v) is 16.9. The largest absolute Gasteiger partial charge is 0.462 e. The lowest BCUT2D eigenvalue weighted by Crippen LogP contribution is -2.52. The molecule has 6 aromatic rings. The molecule has 0 bridgehead atoms. The average molecular weight is 1730 g/mol. The number of hydrogen-bond acceptors (Lipinski definition) is 15. The molecule has 22 heteroatoms. The zero-order valence-electron chi connectivity index (χ0n) is 57.3. The molecule has 3 aliphatic carbocycles. The van der Waals surface area contributed by atoms with Gasteiger partial charge < -0.3 is 29.0 Å². The van der Waals surface area contributed by atoms with Crippen LogP contribution < -0.4 is 0 Å². The molecule has 9 heterocycles. The standard InChI is InChI=1S/C20H27NO2.C18H22BrNO3.C18H22BrNO2.C8H11BrNOP.C6H6BrNO.C5H3Br2N/c1-12-6-7-16(21-11-12)8-9-17-14(3)13(2)10-20(5)18(17)15(4)23-19(20)22;1-10-8-18(22)16(12(3)23-17(18)21)15(11(10)2)7-6-14-5-4-13(19)9-20-14;1-10-8-16-17(12(3)22-18(16)21)15(11(10)2)7-6-14-5-4-13(19)9-20-14;1-12(2,11)6-8-4-3-7(9)5-10-8;7-5-1-2-6(4-9)8-3-5;6-4-1-2-5(7)8-3-4/h6-9,11,13-15,17-18H,10H2,1-5H3;4-7,9-12,15-16,22H,8H2,1-3H3;4-7,9-12,15-17H,8H2,1-3H3;3-5H,6H2,1-2H3;1-3,9H,4H2;1-3H/b9-8+;2*7-6+;;;/t13-,14+,15+,17-,18-,20+;10-,11+,12+,15-,16-,18-;10-,11+,12+,15-,16+,17-;;;/m000.../s1. The summed E-state index contributed by atoms with van der Waals surface area (Å²) in [5.41, 5.74) is 3.83. The van der Waals surface area contributed by atoms with Crippen LogP contribution in [0.25, 0.3) is 18.2 Å². The number of nitrogens with zero attached hydrogens (tertiary/aromatic N) is 6. The number of esters is 3. The van der Waals surface area contributed by atoms with Gasteiger partial charge in [-0.25, -0.2) is 9.78 Å². The molecule has 6 aliphatic rings. The minimum Gasteiger partial charge on any atom is -0.462 e. The maximum absolute atomic E-state index is 12.4. The first-order chi connectivity index (χ1) is 45.7. The SMILES string of the molecule is Brc1ccc(Br)nc1.CP(C)(=O)Cc1ccc(Br)cn1.C[C@H]1[C@H](/C=C/c2ccc(Br)cn2)[C@@H]2[C@@H](C)OC(=O)[C@@H]2C[C@@H]1C.C[C@H]1[C@H](/C=C/c2ccc(Br)cn2)[C@@H]2[C@@H](C)OC(=O)[C@]2(O)C[C@@H]1C.Cc1ccc(/C=C/[C@H]2[C@H](C)[C@@H](C)C[C@@]3(C)C(=O)O[C@H](C)[C@@H]23)nc1.OCc1ccc(Br)cn1. The van der Waals surface area contributed by atoms with Gasteiger partial charge in [-0.05, 0) is 307 Å². The molecule has 3 aliphatic heterocycles. The van der Waals surface area contributed by atoms with Gasteiger partial charge >= 0.3 is 17.9 Å². The van der Waals surface area contributed by atoms with E-state index in [1.807, 2.05) is 101 Å². The summed E-state index contributed by atoms with van der Waals surface area (Å²) in [6.45, 7) is 27.0. The summed E-state index contributed by atoms with van der Waals surface area (Å²) in [5, 5.41) is 19.5. The van der Waals surface area contributed by atoms with Gasteiger partial charge in [0.2, 0.25) is 0 Å². The second-order valence-electron chi connectivity index (χ2n) is 27.6. The van der Waals surface area contributed by atoms with Crippen molar-refractivity contribution in [3.63, 3.8) is 0 Å². The second kappa shape index (κ2) is 35.9. The number of allylic oxidation sites excluding steroid dienone is 3. The zero-order chi connectivity index (χ0) is 71.3. The Morgan fingerprint density at radius 3 is 1.40 bits per heavy atom. The lowest BCUT2D eigenvalue weighted by molar-refractivity contribution is -0.160. The van der Waals surface area contributed by atoms with Gasteiger partial charge in [0.1, 0.15) is 22.9 Å².